The Morgan fingerprint density at radius 2 is 1.94 bits per heavy atom. The number of rotatable bonds is 6. The standard InChI is InChI=1S/C26H25Cl2N3O3/c1-3-33-23-11-15(8-10-22(23)34-14-16-7-9-17(27)12-19(16)28)24-18(13-29)26(30)31(2)20-5-4-6-21(32)25(20)24/h7-12,24H,3-6,14,30H2,1-2H3/t24-/m0/s1. The van der Waals surface area contributed by atoms with E-state index in [1.807, 2.05) is 25.1 Å². The van der Waals surface area contributed by atoms with Crippen molar-refractivity contribution < 1.29 is 14.3 Å². The van der Waals surface area contributed by atoms with E-state index in [-0.39, 0.29) is 12.4 Å². The second kappa shape index (κ2) is 10.0. The first-order chi connectivity index (χ1) is 16.3. The lowest BCUT2D eigenvalue weighted by Crippen LogP contribution is -2.36. The molecule has 0 saturated carbocycles. The Morgan fingerprint density at radius 3 is 2.65 bits per heavy atom. The van der Waals surface area contributed by atoms with E-state index in [0.29, 0.717) is 51.5 Å². The van der Waals surface area contributed by atoms with Crippen LogP contribution in [0.15, 0.2) is 59.1 Å². The Morgan fingerprint density at radius 1 is 1.15 bits per heavy atom. The number of hydrogen-bond acceptors (Lipinski definition) is 6. The number of nitrogens with zero attached hydrogens (tertiary/aromatic N) is 2. The lowest BCUT2D eigenvalue weighted by Gasteiger charge is -2.37. The van der Waals surface area contributed by atoms with E-state index in [4.69, 9.17) is 38.4 Å². The molecular formula is C26H25Cl2N3O3. The van der Waals surface area contributed by atoms with Gasteiger partial charge < -0.3 is 20.1 Å². The second-order valence-corrected chi connectivity index (χ2v) is 9.05. The highest BCUT2D eigenvalue weighted by molar-refractivity contribution is 6.35. The van der Waals surface area contributed by atoms with Gasteiger partial charge in [-0.05, 0) is 49.6 Å². The van der Waals surface area contributed by atoms with Crippen molar-refractivity contribution >= 4 is 29.0 Å². The number of nitrogens with two attached hydrogens (primary N) is 1. The number of nitriles is 1. The van der Waals surface area contributed by atoms with Crippen molar-refractivity contribution in [2.45, 2.75) is 38.7 Å². The molecule has 0 saturated heterocycles. The molecule has 1 aliphatic carbocycles. The summed E-state index contributed by atoms with van der Waals surface area (Å²) >= 11 is 12.3. The fourth-order valence-electron chi connectivity index (χ4n) is 4.48. The highest BCUT2D eigenvalue weighted by atomic mass is 35.5. The van der Waals surface area contributed by atoms with Crippen molar-refractivity contribution in [2.24, 2.45) is 5.73 Å². The third kappa shape index (κ3) is 4.46. The van der Waals surface area contributed by atoms with Crippen LogP contribution in [0, 0.1) is 11.3 Å². The summed E-state index contributed by atoms with van der Waals surface area (Å²) in [7, 11) is 1.81. The van der Waals surface area contributed by atoms with Gasteiger partial charge in [0.2, 0.25) is 0 Å². The fraction of sp³-hybridized carbons (Fsp3) is 0.308. The monoisotopic (exact) mass is 497 g/mol. The normalized spacial score (nSPS) is 18.0. The summed E-state index contributed by atoms with van der Waals surface area (Å²) < 4.78 is 11.9. The highest BCUT2D eigenvalue weighted by Gasteiger charge is 2.38. The summed E-state index contributed by atoms with van der Waals surface area (Å²) in [6.07, 6.45) is 1.98. The Kier molecular flexibility index (Phi) is 7.06. The van der Waals surface area contributed by atoms with Crippen molar-refractivity contribution in [3.63, 3.8) is 0 Å². The maximum absolute atomic E-state index is 13.0. The molecule has 2 aromatic rings. The van der Waals surface area contributed by atoms with Gasteiger partial charge in [0, 0.05) is 40.3 Å². The van der Waals surface area contributed by atoms with E-state index >= 15 is 0 Å². The largest absolute Gasteiger partial charge is 0.490 e. The summed E-state index contributed by atoms with van der Waals surface area (Å²) in [5, 5.41) is 11.0. The van der Waals surface area contributed by atoms with Crippen LogP contribution in [0.4, 0.5) is 0 Å². The number of carbonyl (C=O) groups is 1. The predicted molar refractivity (Wildman–Crippen MR) is 132 cm³/mol. The van der Waals surface area contributed by atoms with Gasteiger partial charge in [-0.15, -0.1) is 0 Å². The molecule has 1 atom stereocenters. The predicted octanol–water partition coefficient (Wildman–Crippen LogP) is 5.70. The molecule has 0 amide bonds. The first-order valence-electron chi connectivity index (χ1n) is 11.1. The van der Waals surface area contributed by atoms with Crippen molar-refractivity contribution in [3.05, 3.63) is 80.2 Å². The molecule has 2 aliphatic rings. The van der Waals surface area contributed by atoms with Crippen molar-refractivity contribution in [1.29, 1.82) is 5.26 Å². The number of carbonyl (C=O) groups excluding carboxylic acids is 1. The second-order valence-electron chi connectivity index (χ2n) is 8.20. The molecule has 0 spiro atoms. The number of allylic oxidation sites excluding steroid dienone is 3. The zero-order valence-corrected chi connectivity index (χ0v) is 20.5. The minimum Gasteiger partial charge on any atom is -0.490 e. The van der Waals surface area contributed by atoms with Gasteiger partial charge in [0.25, 0.3) is 0 Å². The van der Waals surface area contributed by atoms with Crippen LogP contribution in [0.1, 0.15) is 43.2 Å². The van der Waals surface area contributed by atoms with E-state index in [2.05, 4.69) is 6.07 Å². The quantitative estimate of drug-likeness (QED) is 0.550. The number of benzene rings is 2. The van der Waals surface area contributed by atoms with Crippen molar-refractivity contribution in [3.8, 4) is 17.6 Å². The first kappa shape index (κ1) is 24.0. The number of ketones is 1. The van der Waals surface area contributed by atoms with Crippen LogP contribution in [0.2, 0.25) is 10.0 Å². The maximum atomic E-state index is 13.0. The molecule has 176 valence electrons. The summed E-state index contributed by atoms with van der Waals surface area (Å²) in [6.45, 7) is 2.53. The molecule has 0 unspecified atom stereocenters. The summed E-state index contributed by atoms with van der Waals surface area (Å²) in [6, 6.07) is 13.0. The zero-order valence-electron chi connectivity index (χ0n) is 19.0. The number of Topliss-reactive ketones (excluding diaryl/α,β-unsaturated/α-hetero) is 1. The molecular weight excluding hydrogens is 473 g/mol. The fourth-order valence-corrected chi connectivity index (χ4v) is 4.95. The van der Waals surface area contributed by atoms with Gasteiger partial charge in [-0.1, -0.05) is 35.3 Å². The van der Waals surface area contributed by atoms with Gasteiger partial charge >= 0.3 is 0 Å². The molecule has 8 heteroatoms. The Balaban J connectivity index is 1.72. The molecule has 0 fully saturated rings. The SMILES string of the molecule is CCOc1cc([C@H]2C(C#N)=C(N)N(C)C3=C2C(=O)CCC3)ccc1OCc1ccc(Cl)cc1Cl. The van der Waals surface area contributed by atoms with Crippen LogP contribution in [-0.2, 0) is 11.4 Å². The van der Waals surface area contributed by atoms with Crippen molar-refractivity contribution in [1.82, 2.24) is 4.90 Å². The highest BCUT2D eigenvalue weighted by Crippen LogP contribution is 2.45. The van der Waals surface area contributed by atoms with Crippen molar-refractivity contribution in [2.75, 3.05) is 13.7 Å². The average molecular weight is 498 g/mol. The van der Waals surface area contributed by atoms with Crippen LogP contribution >= 0.6 is 23.2 Å². The first-order valence-corrected chi connectivity index (χ1v) is 11.8. The third-order valence-corrected chi connectivity index (χ3v) is 6.75. The minimum atomic E-state index is -0.539. The van der Waals surface area contributed by atoms with Crippen LogP contribution < -0.4 is 15.2 Å². The van der Waals surface area contributed by atoms with Crippen LogP contribution in [-0.4, -0.2) is 24.3 Å². The summed E-state index contributed by atoms with van der Waals surface area (Å²) in [5.74, 6) is 0.933. The molecule has 2 aromatic carbocycles. The number of ether oxygens (including phenoxy) is 2. The average Bonchev–Trinajstić information content (AvgIpc) is 2.82. The van der Waals surface area contributed by atoms with E-state index in [1.165, 1.54) is 0 Å². The van der Waals surface area contributed by atoms with E-state index in [1.54, 1.807) is 30.1 Å². The van der Waals surface area contributed by atoms with Gasteiger partial charge in [-0.3, -0.25) is 4.79 Å². The molecule has 1 heterocycles. The van der Waals surface area contributed by atoms with E-state index < -0.39 is 5.92 Å². The molecule has 0 bridgehead atoms. The molecule has 2 N–H and O–H groups in total. The summed E-state index contributed by atoms with van der Waals surface area (Å²) in [5.41, 5.74) is 9.77. The number of hydrogen-bond donors (Lipinski definition) is 1. The van der Waals surface area contributed by atoms with Gasteiger partial charge in [0.05, 0.1) is 24.2 Å². The Bertz CT molecular complexity index is 1250. The van der Waals surface area contributed by atoms with Gasteiger partial charge in [0.1, 0.15) is 12.4 Å². The molecule has 0 radical (unpaired) electrons. The smallest absolute Gasteiger partial charge is 0.161 e. The maximum Gasteiger partial charge on any atom is 0.161 e. The van der Waals surface area contributed by atoms with E-state index in [9.17, 15) is 10.1 Å². The zero-order chi connectivity index (χ0) is 24.4. The van der Waals surface area contributed by atoms with E-state index in [0.717, 1.165) is 29.7 Å². The van der Waals surface area contributed by atoms with Gasteiger partial charge in [-0.25, -0.2) is 0 Å². The molecule has 4 rings (SSSR count). The van der Waals surface area contributed by atoms with Gasteiger partial charge in [-0.2, -0.15) is 5.26 Å². The third-order valence-electron chi connectivity index (χ3n) is 6.17. The molecule has 1 aliphatic heterocycles. The van der Waals surface area contributed by atoms with Crippen LogP contribution in [0.25, 0.3) is 0 Å². The molecule has 6 nitrogen and oxygen atoms in total. The lowest BCUT2D eigenvalue weighted by molar-refractivity contribution is -0.116. The van der Waals surface area contributed by atoms with Crippen LogP contribution in [0.5, 0.6) is 11.5 Å². The molecule has 0 aromatic heterocycles. The Labute approximate surface area is 209 Å². The minimum absolute atomic E-state index is 0.0500. The molecule has 34 heavy (non-hydrogen) atoms. The topological polar surface area (TPSA) is 88.6 Å². The number of halogens is 2. The summed E-state index contributed by atoms with van der Waals surface area (Å²) in [4.78, 5) is 14.8. The van der Waals surface area contributed by atoms with Gasteiger partial charge in [0.15, 0.2) is 17.3 Å². The lowest BCUT2D eigenvalue weighted by atomic mass is 9.76. The van der Waals surface area contributed by atoms with Crippen LogP contribution in [0.3, 0.4) is 0 Å². The Hall–Kier alpha value is -3.14.